The molecule has 0 saturated carbocycles. The summed E-state index contributed by atoms with van der Waals surface area (Å²) in [5.41, 5.74) is 1.09. The summed E-state index contributed by atoms with van der Waals surface area (Å²) in [5.74, 6) is 2.08. The smallest absolute Gasteiger partial charge is 0.231 e. The number of halogens is 1. The standard InChI is InChI=1S/C13H16BrNO4S/c14-11-6-13-12(18-8-19-13)5-9(11)7-15-10-1-3-20(16,17)4-2-10/h5-6,10,15H,1-4,7-8H2. The Hall–Kier alpha value is -0.790. The molecular formula is C13H16BrNO4S. The number of benzene rings is 1. The van der Waals surface area contributed by atoms with Gasteiger partial charge in [0.2, 0.25) is 6.79 Å². The summed E-state index contributed by atoms with van der Waals surface area (Å²) in [5, 5.41) is 3.42. The first-order valence-electron chi connectivity index (χ1n) is 6.55. The highest BCUT2D eigenvalue weighted by molar-refractivity contribution is 9.10. The molecule has 110 valence electrons. The van der Waals surface area contributed by atoms with Crippen molar-refractivity contribution in [1.82, 2.24) is 5.32 Å². The van der Waals surface area contributed by atoms with E-state index in [4.69, 9.17) is 9.47 Å². The van der Waals surface area contributed by atoms with Crippen molar-refractivity contribution in [2.24, 2.45) is 0 Å². The fourth-order valence-electron chi connectivity index (χ4n) is 2.44. The van der Waals surface area contributed by atoms with Crippen LogP contribution < -0.4 is 14.8 Å². The lowest BCUT2D eigenvalue weighted by Gasteiger charge is -2.23. The minimum atomic E-state index is -2.80. The van der Waals surface area contributed by atoms with E-state index in [9.17, 15) is 8.42 Å². The van der Waals surface area contributed by atoms with Crippen LogP contribution in [0.2, 0.25) is 0 Å². The molecule has 7 heteroatoms. The molecule has 20 heavy (non-hydrogen) atoms. The van der Waals surface area contributed by atoms with Crippen LogP contribution in [0.1, 0.15) is 18.4 Å². The maximum absolute atomic E-state index is 11.4. The van der Waals surface area contributed by atoms with E-state index in [0.717, 1.165) is 21.5 Å². The van der Waals surface area contributed by atoms with Crippen LogP contribution in [0, 0.1) is 0 Å². The minimum Gasteiger partial charge on any atom is -0.454 e. The van der Waals surface area contributed by atoms with Crippen LogP contribution in [0.5, 0.6) is 11.5 Å². The van der Waals surface area contributed by atoms with Gasteiger partial charge in [-0.2, -0.15) is 0 Å². The first-order chi connectivity index (χ1) is 9.53. The Bertz CT molecular complexity index is 603. The molecule has 2 heterocycles. The summed E-state index contributed by atoms with van der Waals surface area (Å²) in [6.45, 7) is 0.946. The zero-order chi connectivity index (χ0) is 14.2. The largest absolute Gasteiger partial charge is 0.454 e. The molecule has 2 aliphatic rings. The Kier molecular flexibility index (Phi) is 3.92. The summed E-state index contributed by atoms with van der Waals surface area (Å²) in [6, 6.07) is 4.12. The Morgan fingerprint density at radius 1 is 1.20 bits per heavy atom. The third kappa shape index (κ3) is 3.10. The molecule has 0 spiro atoms. The van der Waals surface area contributed by atoms with Crippen LogP contribution in [0.25, 0.3) is 0 Å². The van der Waals surface area contributed by atoms with E-state index in [1.807, 2.05) is 12.1 Å². The fraction of sp³-hybridized carbons (Fsp3) is 0.538. The summed E-state index contributed by atoms with van der Waals surface area (Å²) in [4.78, 5) is 0. The van der Waals surface area contributed by atoms with Crippen molar-refractivity contribution in [2.75, 3.05) is 18.3 Å². The third-order valence-electron chi connectivity index (χ3n) is 3.68. The van der Waals surface area contributed by atoms with Crippen molar-refractivity contribution < 1.29 is 17.9 Å². The van der Waals surface area contributed by atoms with Crippen LogP contribution in [-0.2, 0) is 16.4 Å². The van der Waals surface area contributed by atoms with Crippen LogP contribution in [-0.4, -0.2) is 32.8 Å². The average Bonchev–Trinajstić information content (AvgIpc) is 2.84. The lowest BCUT2D eigenvalue weighted by Crippen LogP contribution is -2.37. The highest BCUT2D eigenvalue weighted by atomic mass is 79.9. The van der Waals surface area contributed by atoms with Gasteiger partial charge in [0.15, 0.2) is 11.5 Å². The zero-order valence-electron chi connectivity index (χ0n) is 10.9. The SMILES string of the molecule is O=S1(=O)CCC(NCc2cc3c(cc2Br)OCO3)CC1. The third-order valence-corrected chi connectivity index (χ3v) is 6.13. The van der Waals surface area contributed by atoms with Gasteiger partial charge < -0.3 is 14.8 Å². The Labute approximate surface area is 126 Å². The maximum atomic E-state index is 11.4. The lowest BCUT2D eigenvalue weighted by molar-refractivity contribution is 0.174. The molecular weight excluding hydrogens is 346 g/mol. The lowest BCUT2D eigenvalue weighted by atomic mass is 10.1. The van der Waals surface area contributed by atoms with Gasteiger partial charge in [0.05, 0.1) is 11.5 Å². The van der Waals surface area contributed by atoms with E-state index in [0.29, 0.717) is 19.4 Å². The predicted molar refractivity (Wildman–Crippen MR) is 78.8 cm³/mol. The van der Waals surface area contributed by atoms with Gasteiger partial charge in [-0.3, -0.25) is 0 Å². The van der Waals surface area contributed by atoms with E-state index in [1.54, 1.807) is 0 Å². The maximum Gasteiger partial charge on any atom is 0.231 e. The predicted octanol–water partition coefficient (Wildman–Crippen LogP) is 1.84. The van der Waals surface area contributed by atoms with Crippen molar-refractivity contribution in [3.05, 3.63) is 22.2 Å². The molecule has 2 aliphatic heterocycles. The quantitative estimate of drug-likeness (QED) is 0.889. The van der Waals surface area contributed by atoms with Crippen LogP contribution in [0.15, 0.2) is 16.6 Å². The van der Waals surface area contributed by atoms with Gasteiger partial charge in [0.1, 0.15) is 9.84 Å². The van der Waals surface area contributed by atoms with Gasteiger partial charge in [-0.1, -0.05) is 15.9 Å². The van der Waals surface area contributed by atoms with E-state index in [1.165, 1.54) is 0 Å². The second-order valence-corrected chi connectivity index (χ2v) is 8.26. The highest BCUT2D eigenvalue weighted by Gasteiger charge is 2.23. The summed E-state index contributed by atoms with van der Waals surface area (Å²) >= 11 is 3.52. The van der Waals surface area contributed by atoms with Gasteiger partial charge in [-0.15, -0.1) is 0 Å². The molecule has 0 unspecified atom stereocenters. The second-order valence-electron chi connectivity index (χ2n) is 5.10. The average molecular weight is 362 g/mol. The van der Waals surface area contributed by atoms with Crippen LogP contribution >= 0.6 is 15.9 Å². The van der Waals surface area contributed by atoms with Crippen LogP contribution in [0.3, 0.4) is 0 Å². The van der Waals surface area contributed by atoms with Gasteiger partial charge >= 0.3 is 0 Å². The molecule has 0 atom stereocenters. The number of fused-ring (bicyclic) bond motifs is 1. The number of sulfone groups is 1. The molecule has 5 nitrogen and oxygen atoms in total. The highest BCUT2D eigenvalue weighted by Crippen LogP contribution is 2.36. The Balaban J connectivity index is 1.62. The van der Waals surface area contributed by atoms with Gasteiger partial charge in [0.25, 0.3) is 0 Å². The van der Waals surface area contributed by atoms with Crippen molar-refractivity contribution >= 4 is 25.8 Å². The number of ether oxygens (including phenoxy) is 2. The minimum absolute atomic E-state index is 0.260. The Morgan fingerprint density at radius 3 is 2.55 bits per heavy atom. The van der Waals surface area contributed by atoms with Crippen molar-refractivity contribution in [1.29, 1.82) is 0 Å². The van der Waals surface area contributed by atoms with Crippen molar-refractivity contribution in [3.63, 3.8) is 0 Å². The molecule has 0 amide bonds. The first kappa shape index (κ1) is 14.2. The van der Waals surface area contributed by atoms with Crippen LogP contribution in [0.4, 0.5) is 0 Å². The first-order valence-corrected chi connectivity index (χ1v) is 9.17. The van der Waals surface area contributed by atoms with E-state index >= 15 is 0 Å². The van der Waals surface area contributed by atoms with Crippen molar-refractivity contribution in [2.45, 2.75) is 25.4 Å². The number of hydrogen-bond donors (Lipinski definition) is 1. The summed E-state index contributed by atoms with van der Waals surface area (Å²) in [7, 11) is -2.80. The number of hydrogen-bond acceptors (Lipinski definition) is 5. The zero-order valence-corrected chi connectivity index (χ0v) is 13.3. The monoisotopic (exact) mass is 361 g/mol. The second kappa shape index (κ2) is 5.54. The summed E-state index contributed by atoms with van der Waals surface area (Å²) < 4.78 is 34.4. The molecule has 1 aromatic carbocycles. The Morgan fingerprint density at radius 2 is 1.85 bits per heavy atom. The van der Waals surface area contributed by atoms with E-state index in [-0.39, 0.29) is 24.3 Å². The topological polar surface area (TPSA) is 64.6 Å². The number of rotatable bonds is 3. The molecule has 1 N–H and O–H groups in total. The number of nitrogens with one attached hydrogen (secondary N) is 1. The molecule has 0 bridgehead atoms. The van der Waals surface area contributed by atoms with Gasteiger partial charge in [0, 0.05) is 17.1 Å². The molecule has 0 aliphatic carbocycles. The molecule has 1 saturated heterocycles. The molecule has 0 aromatic heterocycles. The molecule has 0 radical (unpaired) electrons. The van der Waals surface area contributed by atoms with E-state index < -0.39 is 9.84 Å². The van der Waals surface area contributed by atoms with Crippen molar-refractivity contribution in [3.8, 4) is 11.5 Å². The van der Waals surface area contributed by atoms with Gasteiger partial charge in [-0.25, -0.2) is 8.42 Å². The normalized spacial score (nSPS) is 21.1. The fourth-order valence-corrected chi connectivity index (χ4v) is 4.40. The molecule has 1 aromatic rings. The molecule has 3 rings (SSSR count). The summed E-state index contributed by atoms with van der Waals surface area (Å²) in [6.07, 6.45) is 1.37. The van der Waals surface area contributed by atoms with Gasteiger partial charge in [-0.05, 0) is 30.5 Å². The van der Waals surface area contributed by atoms with E-state index in [2.05, 4.69) is 21.2 Å². The molecule has 1 fully saturated rings.